The Kier molecular flexibility index (Phi) is 7.53. The van der Waals surface area contributed by atoms with Crippen molar-refractivity contribution in [2.24, 2.45) is 0 Å². The number of hydrogen-bond donors (Lipinski definition) is 0. The molecule has 1 heterocycles. The Morgan fingerprint density at radius 1 is 0.304 bits per heavy atom. The first kappa shape index (κ1) is 32.0. The number of benzene rings is 10. The molecule has 11 rings (SSSR count). The smallest absolute Gasteiger partial charge is 0.143 e. The van der Waals surface area contributed by atoms with Crippen molar-refractivity contribution in [2.75, 3.05) is 4.90 Å². The Morgan fingerprint density at radius 3 is 1.59 bits per heavy atom. The normalized spacial score (nSPS) is 11.6. The standard InChI is InChI=1S/C54H35NO/c1-2-14-41(15-3-1)53-47-18-8-5-12-37(47)25-32-48(53)40-23-29-43(30-24-40)55(42-27-21-39(22-28-42)46-20-10-16-36-11-4-7-17-45(36)46)44-31-34-52-51(35-44)50-33-26-38-13-6-9-19-49(38)54(50)56-52/h1-35H. The van der Waals surface area contributed by atoms with Gasteiger partial charge in [0.2, 0.25) is 0 Å². The highest BCUT2D eigenvalue weighted by atomic mass is 16.3. The molecule has 0 radical (unpaired) electrons. The Hall–Kier alpha value is -7.42. The first-order chi connectivity index (χ1) is 27.8. The average Bonchev–Trinajstić information content (AvgIpc) is 3.65. The number of nitrogens with zero attached hydrogens (tertiary/aromatic N) is 1. The van der Waals surface area contributed by atoms with Gasteiger partial charge in [-0.3, -0.25) is 0 Å². The Morgan fingerprint density at radius 2 is 0.857 bits per heavy atom. The quantitative estimate of drug-likeness (QED) is 0.171. The third kappa shape index (κ3) is 5.34. The second kappa shape index (κ2) is 13.2. The summed E-state index contributed by atoms with van der Waals surface area (Å²) in [6, 6.07) is 76.5. The highest BCUT2D eigenvalue weighted by Crippen LogP contribution is 2.43. The molecule has 0 saturated heterocycles. The van der Waals surface area contributed by atoms with E-state index in [0.29, 0.717) is 0 Å². The highest BCUT2D eigenvalue weighted by Gasteiger charge is 2.18. The fourth-order valence-corrected chi connectivity index (χ4v) is 8.56. The molecule has 2 nitrogen and oxygen atoms in total. The summed E-state index contributed by atoms with van der Waals surface area (Å²) in [5.41, 5.74) is 12.3. The zero-order valence-corrected chi connectivity index (χ0v) is 30.6. The van der Waals surface area contributed by atoms with Crippen LogP contribution in [0.25, 0.3) is 87.6 Å². The van der Waals surface area contributed by atoms with Gasteiger partial charge in [0.15, 0.2) is 0 Å². The van der Waals surface area contributed by atoms with E-state index in [1.807, 2.05) is 0 Å². The Bertz CT molecular complexity index is 3230. The Balaban J connectivity index is 1.06. The van der Waals surface area contributed by atoms with Gasteiger partial charge in [-0.15, -0.1) is 0 Å². The van der Waals surface area contributed by atoms with Crippen molar-refractivity contribution in [3.63, 3.8) is 0 Å². The van der Waals surface area contributed by atoms with E-state index < -0.39 is 0 Å². The van der Waals surface area contributed by atoms with E-state index in [2.05, 4.69) is 217 Å². The zero-order chi connectivity index (χ0) is 37.0. The summed E-state index contributed by atoms with van der Waals surface area (Å²) in [4.78, 5) is 2.36. The van der Waals surface area contributed by atoms with E-state index in [9.17, 15) is 0 Å². The molecule has 10 aromatic carbocycles. The molecule has 0 N–H and O–H groups in total. The molecule has 0 atom stereocenters. The monoisotopic (exact) mass is 713 g/mol. The lowest BCUT2D eigenvalue weighted by molar-refractivity contribution is 0.672. The predicted molar refractivity (Wildman–Crippen MR) is 237 cm³/mol. The van der Waals surface area contributed by atoms with E-state index in [1.165, 1.54) is 60.3 Å². The lowest BCUT2D eigenvalue weighted by Gasteiger charge is -2.26. The van der Waals surface area contributed by atoms with Crippen LogP contribution >= 0.6 is 0 Å². The Labute approximate surface area is 325 Å². The molecule has 0 aliphatic carbocycles. The van der Waals surface area contributed by atoms with Crippen LogP contribution in [0, 0.1) is 0 Å². The van der Waals surface area contributed by atoms with Crippen LogP contribution in [-0.2, 0) is 0 Å². The topological polar surface area (TPSA) is 16.4 Å². The van der Waals surface area contributed by atoms with Crippen molar-refractivity contribution in [1.29, 1.82) is 0 Å². The van der Waals surface area contributed by atoms with Crippen LogP contribution < -0.4 is 4.90 Å². The fourth-order valence-electron chi connectivity index (χ4n) is 8.56. The molecule has 0 fully saturated rings. The van der Waals surface area contributed by atoms with Crippen molar-refractivity contribution in [1.82, 2.24) is 0 Å². The third-order valence-electron chi connectivity index (χ3n) is 11.3. The van der Waals surface area contributed by atoms with E-state index in [0.717, 1.165) is 44.4 Å². The van der Waals surface area contributed by atoms with Gasteiger partial charge >= 0.3 is 0 Å². The first-order valence-electron chi connectivity index (χ1n) is 19.2. The lowest BCUT2D eigenvalue weighted by Crippen LogP contribution is -2.09. The maximum atomic E-state index is 6.54. The predicted octanol–water partition coefficient (Wildman–Crippen LogP) is 15.5. The third-order valence-corrected chi connectivity index (χ3v) is 11.3. The fraction of sp³-hybridized carbons (Fsp3) is 0. The van der Waals surface area contributed by atoms with E-state index in [4.69, 9.17) is 4.42 Å². The molecular formula is C54H35NO. The van der Waals surface area contributed by atoms with Gasteiger partial charge in [0.25, 0.3) is 0 Å². The zero-order valence-electron chi connectivity index (χ0n) is 30.6. The summed E-state index contributed by atoms with van der Waals surface area (Å²) in [6.07, 6.45) is 0. The van der Waals surface area contributed by atoms with Crippen molar-refractivity contribution in [2.45, 2.75) is 0 Å². The minimum Gasteiger partial charge on any atom is -0.455 e. The molecule has 0 unspecified atom stereocenters. The molecule has 0 aliphatic rings. The minimum atomic E-state index is 0.881. The minimum absolute atomic E-state index is 0.881. The van der Waals surface area contributed by atoms with Gasteiger partial charge in [-0.05, 0) is 109 Å². The van der Waals surface area contributed by atoms with Crippen molar-refractivity contribution in [3.8, 4) is 33.4 Å². The largest absolute Gasteiger partial charge is 0.455 e. The number of furan rings is 1. The van der Waals surface area contributed by atoms with Crippen LogP contribution in [0.3, 0.4) is 0 Å². The number of rotatable bonds is 6. The van der Waals surface area contributed by atoms with Gasteiger partial charge in [0.1, 0.15) is 11.2 Å². The maximum Gasteiger partial charge on any atom is 0.143 e. The molecule has 56 heavy (non-hydrogen) atoms. The van der Waals surface area contributed by atoms with Gasteiger partial charge < -0.3 is 9.32 Å². The van der Waals surface area contributed by atoms with Crippen molar-refractivity contribution < 1.29 is 4.42 Å². The molecule has 0 amide bonds. The summed E-state index contributed by atoms with van der Waals surface area (Å²) >= 11 is 0. The molecule has 0 bridgehead atoms. The van der Waals surface area contributed by atoms with Crippen molar-refractivity contribution in [3.05, 3.63) is 212 Å². The molecule has 1 aromatic heterocycles. The van der Waals surface area contributed by atoms with Crippen LogP contribution in [0.15, 0.2) is 217 Å². The van der Waals surface area contributed by atoms with Gasteiger partial charge in [0.05, 0.1) is 0 Å². The summed E-state index contributed by atoms with van der Waals surface area (Å²) in [7, 11) is 0. The summed E-state index contributed by atoms with van der Waals surface area (Å²) < 4.78 is 6.54. The van der Waals surface area contributed by atoms with Gasteiger partial charge in [-0.25, -0.2) is 0 Å². The van der Waals surface area contributed by atoms with Crippen molar-refractivity contribution >= 4 is 71.3 Å². The number of anilines is 3. The lowest BCUT2D eigenvalue weighted by atomic mass is 9.90. The molecule has 2 heteroatoms. The summed E-state index contributed by atoms with van der Waals surface area (Å²) in [5.74, 6) is 0. The highest BCUT2D eigenvalue weighted by molar-refractivity contribution is 6.15. The second-order valence-electron chi connectivity index (χ2n) is 14.5. The van der Waals surface area contributed by atoms with Crippen LogP contribution in [0.5, 0.6) is 0 Å². The summed E-state index contributed by atoms with van der Waals surface area (Å²) in [5, 5.41) is 9.50. The first-order valence-corrected chi connectivity index (χ1v) is 19.2. The second-order valence-corrected chi connectivity index (χ2v) is 14.5. The SMILES string of the molecule is c1ccc(-c2c(-c3ccc(N(c4ccc(-c5cccc6ccccc56)cc4)c4ccc5oc6c7ccccc7ccc6c5c4)cc3)ccc3ccccc23)cc1. The molecule has 11 aromatic rings. The van der Waals surface area contributed by atoms with Gasteiger partial charge in [0, 0.05) is 33.2 Å². The molecule has 0 saturated carbocycles. The van der Waals surface area contributed by atoms with Crippen LogP contribution in [0.2, 0.25) is 0 Å². The number of hydrogen-bond acceptors (Lipinski definition) is 2. The van der Waals surface area contributed by atoms with Crippen LogP contribution in [0.1, 0.15) is 0 Å². The molecule has 262 valence electrons. The number of fused-ring (bicyclic) bond motifs is 7. The average molecular weight is 714 g/mol. The molecule has 0 spiro atoms. The molecule has 0 aliphatic heterocycles. The van der Waals surface area contributed by atoms with E-state index in [-0.39, 0.29) is 0 Å². The molecular weight excluding hydrogens is 679 g/mol. The maximum absolute atomic E-state index is 6.54. The summed E-state index contributed by atoms with van der Waals surface area (Å²) in [6.45, 7) is 0. The van der Waals surface area contributed by atoms with Gasteiger partial charge in [-0.2, -0.15) is 0 Å². The van der Waals surface area contributed by atoms with Gasteiger partial charge in [-0.1, -0.05) is 164 Å². The van der Waals surface area contributed by atoms with E-state index in [1.54, 1.807) is 0 Å². The van der Waals surface area contributed by atoms with Crippen LogP contribution in [-0.4, -0.2) is 0 Å². The van der Waals surface area contributed by atoms with E-state index >= 15 is 0 Å². The van der Waals surface area contributed by atoms with Crippen LogP contribution in [0.4, 0.5) is 17.1 Å².